The third kappa shape index (κ3) is 2.70. The Hall–Kier alpha value is -2.04. The molecule has 1 saturated carbocycles. The first kappa shape index (κ1) is 12.0. The monoisotopic (exact) mass is 257 g/mol. The Balaban J connectivity index is 1.67. The fourth-order valence-corrected chi connectivity index (χ4v) is 2.60. The van der Waals surface area contributed by atoms with Crippen LogP contribution in [0.3, 0.4) is 0 Å². The number of hydrogen-bond acceptors (Lipinski definition) is 2. The number of aromatic nitrogens is 2. The summed E-state index contributed by atoms with van der Waals surface area (Å²) in [6.07, 6.45) is 8.77. The molecule has 0 radical (unpaired) electrons. The fraction of sp³-hybridized carbons (Fsp3) is 0.429. The van der Waals surface area contributed by atoms with E-state index in [1.807, 2.05) is 35.1 Å². The summed E-state index contributed by atoms with van der Waals surface area (Å²) in [6, 6.07) is 6.51. The molecule has 1 fully saturated rings. The minimum Gasteiger partial charge on any atom is -0.370 e. The molecule has 5 nitrogen and oxygen atoms in total. The highest BCUT2D eigenvalue weighted by Crippen LogP contribution is 2.17. The van der Waals surface area contributed by atoms with E-state index < -0.39 is 0 Å². The third-order valence-electron chi connectivity index (χ3n) is 3.63. The molecule has 1 aliphatic carbocycles. The van der Waals surface area contributed by atoms with Crippen molar-refractivity contribution in [2.75, 3.05) is 0 Å². The maximum absolute atomic E-state index is 5.93. The average Bonchev–Trinajstić information content (AvgIpc) is 3.05. The van der Waals surface area contributed by atoms with Crippen molar-refractivity contribution >= 4 is 11.5 Å². The molecule has 0 aromatic carbocycles. The summed E-state index contributed by atoms with van der Waals surface area (Å²) in [5, 5.41) is 7.58. The Labute approximate surface area is 112 Å². The second-order valence-corrected chi connectivity index (χ2v) is 5.03. The van der Waals surface area contributed by atoms with Gasteiger partial charge in [0.1, 0.15) is 0 Å². The van der Waals surface area contributed by atoms with Gasteiger partial charge >= 0.3 is 0 Å². The highest BCUT2D eigenvalue weighted by Gasteiger charge is 2.14. The van der Waals surface area contributed by atoms with Crippen LogP contribution in [0.15, 0.2) is 35.6 Å². The first-order valence-electron chi connectivity index (χ1n) is 6.80. The topological polar surface area (TPSA) is 67.7 Å². The van der Waals surface area contributed by atoms with Crippen molar-refractivity contribution in [3.8, 4) is 0 Å². The van der Waals surface area contributed by atoms with Crippen molar-refractivity contribution in [2.24, 2.45) is 10.7 Å². The van der Waals surface area contributed by atoms with Gasteiger partial charge in [-0.15, -0.1) is 0 Å². The maximum Gasteiger partial charge on any atom is 0.189 e. The molecule has 5 heteroatoms. The molecule has 100 valence electrons. The molecular weight excluding hydrogens is 238 g/mol. The number of fused-ring (bicyclic) bond motifs is 1. The highest BCUT2D eigenvalue weighted by molar-refractivity contribution is 5.78. The first-order valence-corrected chi connectivity index (χ1v) is 6.80. The van der Waals surface area contributed by atoms with Crippen LogP contribution in [0.25, 0.3) is 5.52 Å². The summed E-state index contributed by atoms with van der Waals surface area (Å²) in [5.41, 5.74) is 8.10. The lowest BCUT2D eigenvalue weighted by Crippen LogP contribution is -2.38. The second-order valence-electron chi connectivity index (χ2n) is 5.03. The zero-order chi connectivity index (χ0) is 13.1. The standard InChI is InChI=1S/C14H19N5/c15-14(18-12-5-1-2-6-12)16-9-11-10-17-19-8-4-3-7-13(11)19/h3-4,7-8,10,12H,1-2,5-6,9H2,(H3,15,16,18). The van der Waals surface area contributed by atoms with Crippen LogP contribution in [0.1, 0.15) is 31.2 Å². The molecule has 3 rings (SSSR count). The molecule has 0 bridgehead atoms. The van der Waals surface area contributed by atoms with Gasteiger partial charge in [0.15, 0.2) is 5.96 Å². The van der Waals surface area contributed by atoms with E-state index in [1.54, 1.807) is 0 Å². The minimum atomic E-state index is 0.507. The Morgan fingerprint density at radius 3 is 3.11 bits per heavy atom. The Morgan fingerprint density at radius 2 is 2.26 bits per heavy atom. The van der Waals surface area contributed by atoms with Gasteiger partial charge in [-0.1, -0.05) is 18.9 Å². The molecule has 0 atom stereocenters. The molecule has 3 N–H and O–H groups in total. The van der Waals surface area contributed by atoms with Crippen molar-refractivity contribution < 1.29 is 0 Å². The molecular formula is C14H19N5. The number of guanidine groups is 1. The van der Waals surface area contributed by atoms with Gasteiger partial charge in [0.25, 0.3) is 0 Å². The smallest absolute Gasteiger partial charge is 0.189 e. The zero-order valence-corrected chi connectivity index (χ0v) is 10.9. The van der Waals surface area contributed by atoms with Crippen molar-refractivity contribution in [1.82, 2.24) is 14.9 Å². The largest absolute Gasteiger partial charge is 0.370 e. The summed E-state index contributed by atoms with van der Waals surface area (Å²) >= 11 is 0. The fourth-order valence-electron chi connectivity index (χ4n) is 2.60. The van der Waals surface area contributed by atoms with Crippen LogP contribution in [0.5, 0.6) is 0 Å². The van der Waals surface area contributed by atoms with E-state index >= 15 is 0 Å². The minimum absolute atomic E-state index is 0.507. The molecule has 0 saturated heterocycles. The zero-order valence-electron chi connectivity index (χ0n) is 10.9. The number of nitrogens with zero attached hydrogens (tertiary/aromatic N) is 3. The van der Waals surface area contributed by atoms with E-state index in [1.165, 1.54) is 25.7 Å². The summed E-state index contributed by atoms with van der Waals surface area (Å²) in [6.45, 7) is 0.569. The van der Waals surface area contributed by atoms with E-state index in [0.29, 0.717) is 18.5 Å². The number of aliphatic imine (C=N–C) groups is 1. The predicted octanol–water partition coefficient (Wildman–Crippen LogP) is 1.68. The van der Waals surface area contributed by atoms with Gasteiger partial charge in [-0.2, -0.15) is 5.10 Å². The van der Waals surface area contributed by atoms with Gasteiger partial charge in [-0.3, -0.25) is 0 Å². The Morgan fingerprint density at radius 1 is 1.42 bits per heavy atom. The molecule has 0 unspecified atom stereocenters. The molecule has 1 aliphatic rings. The van der Waals surface area contributed by atoms with Crippen LogP contribution in [-0.4, -0.2) is 21.6 Å². The summed E-state index contributed by atoms with van der Waals surface area (Å²) in [7, 11) is 0. The van der Waals surface area contributed by atoms with E-state index in [4.69, 9.17) is 5.73 Å². The Kier molecular flexibility index (Phi) is 3.35. The highest BCUT2D eigenvalue weighted by atomic mass is 15.2. The predicted molar refractivity (Wildman–Crippen MR) is 75.9 cm³/mol. The van der Waals surface area contributed by atoms with Crippen molar-refractivity contribution in [3.63, 3.8) is 0 Å². The number of pyridine rings is 1. The van der Waals surface area contributed by atoms with E-state index in [9.17, 15) is 0 Å². The Bertz CT molecular complexity index is 580. The lowest BCUT2D eigenvalue weighted by molar-refractivity contribution is 0.625. The van der Waals surface area contributed by atoms with E-state index in [0.717, 1.165) is 11.1 Å². The molecule has 2 aromatic heterocycles. The van der Waals surface area contributed by atoms with Gasteiger partial charge in [-0.05, 0) is 25.0 Å². The number of rotatable bonds is 3. The van der Waals surface area contributed by atoms with E-state index in [-0.39, 0.29) is 0 Å². The maximum atomic E-state index is 5.93. The molecule has 19 heavy (non-hydrogen) atoms. The lowest BCUT2D eigenvalue weighted by atomic mass is 10.2. The third-order valence-corrected chi connectivity index (χ3v) is 3.63. The first-order chi connectivity index (χ1) is 9.33. The molecule has 0 spiro atoms. The van der Waals surface area contributed by atoms with Gasteiger partial charge in [0, 0.05) is 17.8 Å². The van der Waals surface area contributed by atoms with Gasteiger partial charge in [0.05, 0.1) is 18.3 Å². The van der Waals surface area contributed by atoms with Crippen molar-refractivity contribution in [1.29, 1.82) is 0 Å². The summed E-state index contributed by atoms with van der Waals surface area (Å²) < 4.78 is 1.85. The average molecular weight is 257 g/mol. The number of nitrogens with one attached hydrogen (secondary N) is 1. The second kappa shape index (κ2) is 5.30. The van der Waals surface area contributed by atoms with Crippen LogP contribution in [-0.2, 0) is 6.54 Å². The number of hydrogen-bond donors (Lipinski definition) is 2. The van der Waals surface area contributed by atoms with Crippen LogP contribution in [0.4, 0.5) is 0 Å². The quantitative estimate of drug-likeness (QED) is 0.649. The molecule has 2 heterocycles. The number of nitrogens with two attached hydrogens (primary N) is 1. The van der Waals surface area contributed by atoms with Gasteiger partial charge < -0.3 is 11.1 Å². The van der Waals surface area contributed by atoms with Crippen LogP contribution >= 0.6 is 0 Å². The van der Waals surface area contributed by atoms with Crippen LogP contribution < -0.4 is 11.1 Å². The summed E-state index contributed by atoms with van der Waals surface area (Å²) in [5.74, 6) is 0.544. The summed E-state index contributed by atoms with van der Waals surface area (Å²) in [4.78, 5) is 4.41. The molecule has 0 aliphatic heterocycles. The van der Waals surface area contributed by atoms with Crippen molar-refractivity contribution in [2.45, 2.75) is 38.3 Å². The van der Waals surface area contributed by atoms with Crippen LogP contribution in [0, 0.1) is 0 Å². The van der Waals surface area contributed by atoms with Gasteiger partial charge in [0.2, 0.25) is 0 Å². The molecule has 0 amide bonds. The SMILES string of the molecule is NC(=NCc1cnn2ccccc12)NC1CCCC1. The lowest BCUT2D eigenvalue weighted by Gasteiger charge is -2.11. The normalized spacial score (nSPS) is 17.2. The van der Waals surface area contributed by atoms with Crippen molar-refractivity contribution in [3.05, 3.63) is 36.2 Å². The molecule has 2 aromatic rings. The van der Waals surface area contributed by atoms with E-state index in [2.05, 4.69) is 15.4 Å². The van der Waals surface area contributed by atoms with Crippen LogP contribution in [0.2, 0.25) is 0 Å². The van der Waals surface area contributed by atoms with Gasteiger partial charge in [-0.25, -0.2) is 9.51 Å².